The van der Waals surface area contributed by atoms with Crippen molar-refractivity contribution in [2.75, 3.05) is 7.11 Å². The Morgan fingerprint density at radius 2 is 1.89 bits per heavy atom. The number of hydrogen-bond donors (Lipinski definition) is 1. The number of rotatable bonds is 5. The molecule has 1 atom stereocenters. The van der Waals surface area contributed by atoms with E-state index in [0.717, 1.165) is 12.0 Å². The van der Waals surface area contributed by atoms with Gasteiger partial charge in [0.2, 0.25) is 0 Å². The van der Waals surface area contributed by atoms with E-state index in [9.17, 15) is 9.59 Å². The van der Waals surface area contributed by atoms with Crippen LogP contribution in [0, 0.1) is 0 Å². The molecule has 5 heteroatoms. The molecule has 0 fully saturated rings. The summed E-state index contributed by atoms with van der Waals surface area (Å²) >= 11 is 0. The Hall–Kier alpha value is -1.52. The van der Waals surface area contributed by atoms with Crippen molar-refractivity contribution in [3.8, 4) is 0 Å². The van der Waals surface area contributed by atoms with Gasteiger partial charge in [-0.15, -0.1) is 0 Å². The molecular weight excluding hydrogens is 234 g/mol. The largest absolute Gasteiger partial charge is 0.467 e. The van der Waals surface area contributed by atoms with Crippen molar-refractivity contribution in [2.45, 2.75) is 52.2 Å². The first-order valence-corrected chi connectivity index (χ1v) is 5.93. The molecule has 5 nitrogen and oxygen atoms in total. The van der Waals surface area contributed by atoms with Gasteiger partial charge in [0.05, 0.1) is 7.11 Å². The number of methoxy groups -OCH3 is 1. The van der Waals surface area contributed by atoms with E-state index in [1.54, 1.807) is 20.8 Å². The molecule has 0 saturated heterocycles. The van der Waals surface area contributed by atoms with Crippen LogP contribution in [-0.4, -0.2) is 30.8 Å². The fraction of sp³-hybridized carbons (Fsp3) is 0.692. The molecule has 0 aromatic heterocycles. The summed E-state index contributed by atoms with van der Waals surface area (Å²) < 4.78 is 9.73. The summed E-state index contributed by atoms with van der Waals surface area (Å²) in [6.45, 7) is 11.0. The highest BCUT2D eigenvalue weighted by molar-refractivity contribution is 5.81. The Morgan fingerprint density at radius 3 is 2.28 bits per heavy atom. The zero-order chi connectivity index (χ0) is 14.3. The first-order valence-electron chi connectivity index (χ1n) is 5.93. The van der Waals surface area contributed by atoms with Gasteiger partial charge in [-0.1, -0.05) is 19.1 Å². The Balaban J connectivity index is 4.55. The normalized spacial score (nSPS) is 12.5. The summed E-state index contributed by atoms with van der Waals surface area (Å²) in [6, 6.07) is -0.753. The summed E-state index contributed by atoms with van der Waals surface area (Å²) in [4.78, 5) is 23.1. The molecule has 104 valence electrons. The maximum absolute atomic E-state index is 11.6. The second-order valence-corrected chi connectivity index (χ2v) is 5.03. The van der Waals surface area contributed by atoms with Crippen molar-refractivity contribution in [1.29, 1.82) is 0 Å². The Bertz CT molecular complexity index is 317. The molecule has 0 radical (unpaired) electrons. The lowest BCUT2D eigenvalue weighted by molar-refractivity contribution is -0.143. The predicted molar refractivity (Wildman–Crippen MR) is 69.2 cm³/mol. The van der Waals surface area contributed by atoms with Crippen molar-refractivity contribution in [3.05, 3.63) is 12.2 Å². The molecule has 0 bridgehead atoms. The third-order valence-corrected chi connectivity index (χ3v) is 2.17. The first kappa shape index (κ1) is 16.5. The Kier molecular flexibility index (Phi) is 6.44. The number of carbonyl (C=O) groups is 2. The standard InChI is InChI=1S/C13H23NO4/c1-7-9(2)8-10(11(15)17-6)14-12(16)18-13(3,4)5/h10H,2,7-8H2,1,3-6H3,(H,14,16). The van der Waals surface area contributed by atoms with Crippen LogP contribution in [0.15, 0.2) is 12.2 Å². The van der Waals surface area contributed by atoms with E-state index in [2.05, 4.69) is 16.6 Å². The van der Waals surface area contributed by atoms with Gasteiger partial charge < -0.3 is 14.8 Å². The Morgan fingerprint density at radius 1 is 1.33 bits per heavy atom. The Labute approximate surface area is 109 Å². The van der Waals surface area contributed by atoms with E-state index in [4.69, 9.17) is 4.74 Å². The van der Waals surface area contributed by atoms with E-state index in [-0.39, 0.29) is 0 Å². The second-order valence-electron chi connectivity index (χ2n) is 5.03. The molecule has 0 spiro atoms. The van der Waals surface area contributed by atoms with Crippen LogP contribution in [0.3, 0.4) is 0 Å². The third-order valence-electron chi connectivity index (χ3n) is 2.17. The van der Waals surface area contributed by atoms with Gasteiger partial charge in [0.25, 0.3) is 0 Å². The van der Waals surface area contributed by atoms with Crippen molar-refractivity contribution in [2.24, 2.45) is 0 Å². The lowest BCUT2D eigenvalue weighted by atomic mass is 10.1. The van der Waals surface area contributed by atoms with E-state index < -0.39 is 23.7 Å². The van der Waals surface area contributed by atoms with Gasteiger partial charge in [0.1, 0.15) is 11.6 Å². The summed E-state index contributed by atoms with van der Waals surface area (Å²) in [5.74, 6) is -0.504. The SMILES string of the molecule is C=C(CC)CC(NC(=O)OC(C)(C)C)C(=O)OC. The number of amides is 1. The molecule has 0 aliphatic heterocycles. The van der Waals surface area contributed by atoms with Gasteiger partial charge in [0, 0.05) is 0 Å². The number of ether oxygens (including phenoxy) is 2. The maximum atomic E-state index is 11.6. The topological polar surface area (TPSA) is 64.6 Å². The molecule has 18 heavy (non-hydrogen) atoms. The molecule has 0 heterocycles. The zero-order valence-corrected chi connectivity index (χ0v) is 11.8. The van der Waals surface area contributed by atoms with Gasteiger partial charge >= 0.3 is 12.1 Å². The molecule has 1 N–H and O–H groups in total. The first-order chi connectivity index (χ1) is 8.19. The summed E-state index contributed by atoms with van der Waals surface area (Å²) in [7, 11) is 1.28. The summed E-state index contributed by atoms with van der Waals surface area (Å²) in [5, 5.41) is 2.49. The van der Waals surface area contributed by atoms with Crippen LogP contribution >= 0.6 is 0 Å². The van der Waals surface area contributed by atoms with Crippen LogP contribution in [0.1, 0.15) is 40.5 Å². The lowest BCUT2D eigenvalue weighted by Crippen LogP contribution is -2.44. The lowest BCUT2D eigenvalue weighted by Gasteiger charge is -2.22. The average Bonchev–Trinajstić information content (AvgIpc) is 2.24. The molecule has 0 aromatic rings. The van der Waals surface area contributed by atoms with E-state index >= 15 is 0 Å². The van der Waals surface area contributed by atoms with Crippen LogP contribution in [-0.2, 0) is 14.3 Å². The number of esters is 1. The summed E-state index contributed by atoms with van der Waals surface area (Å²) in [6.07, 6.45) is 0.452. The molecule has 0 rings (SSSR count). The number of carbonyl (C=O) groups excluding carboxylic acids is 2. The molecule has 0 aliphatic carbocycles. The van der Waals surface area contributed by atoms with Gasteiger partial charge in [0.15, 0.2) is 0 Å². The highest BCUT2D eigenvalue weighted by atomic mass is 16.6. The molecule has 1 amide bonds. The second kappa shape index (κ2) is 7.03. The van der Waals surface area contributed by atoms with Crippen molar-refractivity contribution in [1.82, 2.24) is 5.32 Å². The third kappa shape index (κ3) is 6.93. The van der Waals surface area contributed by atoms with Gasteiger partial charge in [-0.25, -0.2) is 9.59 Å². The van der Waals surface area contributed by atoms with Crippen molar-refractivity contribution in [3.63, 3.8) is 0 Å². The van der Waals surface area contributed by atoms with E-state index in [1.165, 1.54) is 7.11 Å². The van der Waals surface area contributed by atoms with Crippen LogP contribution in [0.25, 0.3) is 0 Å². The monoisotopic (exact) mass is 257 g/mol. The van der Waals surface area contributed by atoms with E-state index in [1.807, 2.05) is 6.92 Å². The van der Waals surface area contributed by atoms with Crippen LogP contribution in [0.2, 0.25) is 0 Å². The minimum absolute atomic E-state index is 0.350. The minimum atomic E-state index is -0.753. The smallest absolute Gasteiger partial charge is 0.408 e. The number of alkyl carbamates (subject to hydrolysis) is 1. The van der Waals surface area contributed by atoms with Crippen LogP contribution in [0.5, 0.6) is 0 Å². The van der Waals surface area contributed by atoms with Crippen molar-refractivity contribution < 1.29 is 19.1 Å². The van der Waals surface area contributed by atoms with Crippen LogP contribution < -0.4 is 5.32 Å². The van der Waals surface area contributed by atoms with Gasteiger partial charge in [-0.3, -0.25) is 0 Å². The fourth-order valence-electron chi connectivity index (χ4n) is 1.22. The average molecular weight is 257 g/mol. The fourth-order valence-corrected chi connectivity index (χ4v) is 1.22. The molecule has 0 aliphatic rings. The van der Waals surface area contributed by atoms with E-state index in [0.29, 0.717) is 6.42 Å². The zero-order valence-electron chi connectivity index (χ0n) is 11.8. The molecule has 1 unspecified atom stereocenters. The molecular formula is C13H23NO4. The quantitative estimate of drug-likeness (QED) is 0.606. The molecule has 0 aromatic carbocycles. The predicted octanol–water partition coefficient (Wildman–Crippen LogP) is 2.41. The number of nitrogens with one attached hydrogen (secondary N) is 1. The number of hydrogen-bond acceptors (Lipinski definition) is 4. The van der Waals surface area contributed by atoms with Crippen LogP contribution in [0.4, 0.5) is 4.79 Å². The van der Waals surface area contributed by atoms with Crippen molar-refractivity contribution >= 4 is 12.1 Å². The molecule has 0 saturated carbocycles. The highest BCUT2D eigenvalue weighted by Crippen LogP contribution is 2.11. The minimum Gasteiger partial charge on any atom is -0.467 e. The summed E-state index contributed by atoms with van der Waals surface area (Å²) in [5.41, 5.74) is 0.258. The maximum Gasteiger partial charge on any atom is 0.408 e. The highest BCUT2D eigenvalue weighted by Gasteiger charge is 2.25. The van der Waals surface area contributed by atoms with Gasteiger partial charge in [-0.2, -0.15) is 0 Å². The van der Waals surface area contributed by atoms with Gasteiger partial charge in [-0.05, 0) is 33.6 Å².